The molecule has 24 heavy (non-hydrogen) atoms. The van der Waals surface area contributed by atoms with Crippen molar-refractivity contribution < 1.29 is 0 Å². The van der Waals surface area contributed by atoms with E-state index in [1.165, 1.54) is 11.1 Å². The molecule has 0 saturated heterocycles. The van der Waals surface area contributed by atoms with E-state index in [1.807, 2.05) is 13.0 Å². The summed E-state index contributed by atoms with van der Waals surface area (Å²) < 4.78 is 1.10. The molecule has 0 aliphatic carbocycles. The minimum absolute atomic E-state index is 0.812. The molecule has 0 saturated carbocycles. The summed E-state index contributed by atoms with van der Waals surface area (Å²) >= 11 is 1.68. The van der Waals surface area contributed by atoms with Crippen LogP contribution in [0.4, 0.5) is 5.82 Å². The molecule has 1 aromatic carbocycles. The first-order valence-corrected chi connectivity index (χ1v) is 8.71. The number of hydrogen-bond donors (Lipinski definition) is 0. The van der Waals surface area contributed by atoms with Crippen LogP contribution in [0.15, 0.2) is 42.7 Å². The molecule has 4 aromatic rings. The summed E-state index contributed by atoms with van der Waals surface area (Å²) in [6, 6.07) is 12.5. The van der Waals surface area contributed by atoms with Crippen LogP contribution >= 0.6 is 11.3 Å². The molecule has 0 bridgehead atoms. The third-order valence-corrected chi connectivity index (χ3v) is 5.23. The van der Waals surface area contributed by atoms with Crippen LogP contribution in [0, 0.1) is 13.8 Å². The van der Waals surface area contributed by atoms with Gasteiger partial charge in [-0.25, -0.2) is 15.0 Å². The lowest BCUT2D eigenvalue weighted by molar-refractivity contribution is 0.902. The van der Waals surface area contributed by atoms with E-state index in [9.17, 15) is 0 Å². The molecule has 4 rings (SSSR count). The highest BCUT2D eigenvalue weighted by Gasteiger charge is 2.16. The summed E-state index contributed by atoms with van der Waals surface area (Å²) in [5, 5.41) is 1.15. The number of thiophene rings is 1. The first-order chi connectivity index (χ1) is 11.6. The molecule has 5 heteroatoms. The maximum absolute atomic E-state index is 4.69. The molecule has 4 nitrogen and oxygen atoms in total. The summed E-state index contributed by atoms with van der Waals surface area (Å²) in [7, 11) is 2.07. The summed E-state index contributed by atoms with van der Waals surface area (Å²) in [5.74, 6) is 0.962. The van der Waals surface area contributed by atoms with Crippen LogP contribution in [0.2, 0.25) is 0 Å². The van der Waals surface area contributed by atoms with Gasteiger partial charge in [-0.15, -0.1) is 11.3 Å². The van der Waals surface area contributed by atoms with Crippen LogP contribution in [0.5, 0.6) is 0 Å². The van der Waals surface area contributed by atoms with Crippen molar-refractivity contribution in [3.05, 3.63) is 59.5 Å². The van der Waals surface area contributed by atoms with Crippen molar-refractivity contribution in [2.45, 2.75) is 20.4 Å². The number of pyridine rings is 1. The van der Waals surface area contributed by atoms with Crippen molar-refractivity contribution in [1.29, 1.82) is 0 Å². The quantitative estimate of drug-likeness (QED) is 0.553. The van der Waals surface area contributed by atoms with E-state index in [2.05, 4.69) is 59.2 Å². The Labute approximate surface area is 144 Å². The van der Waals surface area contributed by atoms with E-state index in [1.54, 1.807) is 17.7 Å². The summed E-state index contributed by atoms with van der Waals surface area (Å²) in [6.07, 6.45) is 1.66. The molecule has 0 atom stereocenters. The molecule has 0 radical (unpaired) electrons. The molecule has 0 unspecified atom stereocenters. The number of rotatable bonds is 3. The molecule has 0 fully saturated rings. The van der Waals surface area contributed by atoms with Crippen LogP contribution in [-0.2, 0) is 6.54 Å². The van der Waals surface area contributed by atoms with E-state index < -0.39 is 0 Å². The van der Waals surface area contributed by atoms with Gasteiger partial charge in [0.05, 0.1) is 10.2 Å². The maximum atomic E-state index is 4.69. The van der Waals surface area contributed by atoms with Gasteiger partial charge in [0.2, 0.25) is 0 Å². The first-order valence-electron chi connectivity index (χ1n) is 7.90. The smallest absolute Gasteiger partial charge is 0.150 e. The Morgan fingerprint density at radius 3 is 2.67 bits per heavy atom. The first kappa shape index (κ1) is 15.0. The van der Waals surface area contributed by atoms with Crippen molar-refractivity contribution >= 4 is 37.6 Å². The second kappa shape index (κ2) is 5.83. The van der Waals surface area contributed by atoms with Crippen molar-refractivity contribution in [2.75, 3.05) is 11.9 Å². The second-order valence-electron chi connectivity index (χ2n) is 6.08. The van der Waals surface area contributed by atoms with Crippen molar-refractivity contribution in [3.8, 4) is 0 Å². The Morgan fingerprint density at radius 1 is 1.08 bits per heavy atom. The Balaban J connectivity index is 1.85. The lowest BCUT2D eigenvalue weighted by Gasteiger charge is -2.18. The minimum Gasteiger partial charge on any atom is -0.354 e. The van der Waals surface area contributed by atoms with Crippen molar-refractivity contribution in [2.24, 2.45) is 0 Å². The number of aryl methyl sites for hydroxylation is 2. The SMILES string of the molecule is Cc1cc(C)c2c(n1)sc1c(N(C)Cc3ccccc3)ncnc12. The topological polar surface area (TPSA) is 41.9 Å². The van der Waals surface area contributed by atoms with E-state index in [0.717, 1.165) is 38.5 Å². The van der Waals surface area contributed by atoms with Gasteiger partial charge < -0.3 is 4.90 Å². The number of anilines is 1. The normalized spacial score (nSPS) is 11.3. The summed E-state index contributed by atoms with van der Waals surface area (Å²) in [4.78, 5) is 17.0. The van der Waals surface area contributed by atoms with Gasteiger partial charge >= 0.3 is 0 Å². The average Bonchev–Trinajstić information content (AvgIpc) is 2.93. The zero-order valence-electron chi connectivity index (χ0n) is 13.9. The molecule has 0 amide bonds. The largest absolute Gasteiger partial charge is 0.354 e. The molecule has 3 heterocycles. The number of hydrogen-bond acceptors (Lipinski definition) is 5. The van der Waals surface area contributed by atoms with Gasteiger partial charge in [0.1, 0.15) is 17.0 Å². The highest BCUT2D eigenvalue weighted by atomic mass is 32.1. The van der Waals surface area contributed by atoms with Gasteiger partial charge in [0, 0.05) is 24.7 Å². The summed E-state index contributed by atoms with van der Waals surface area (Å²) in [5.41, 5.74) is 4.53. The van der Waals surface area contributed by atoms with E-state index in [-0.39, 0.29) is 0 Å². The van der Waals surface area contributed by atoms with Gasteiger partial charge in [-0.05, 0) is 31.0 Å². The van der Waals surface area contributed by atoms with Crippen molar-refractivity contribution in [1.82, 2.24) is 15.0 Å². The van der Waals surface area contributed by atoms with Gasteiger partial charge in [-0.3, -0.25) is 0 Å². The monoisotopic (exact) mass is 334 g/mol. The van der Waals surface area contributed by atoms with Crippen LogP contribution < -0.4 is 4.90 Å². The molecule has 0 spiro atoms. The predicted molar refractivity (Wildman–Crippen MR) is 101 cm³/mol. The molecule has 120 valence electrons. The van der Waals surface area contributed by atoms with Gasteiger partial charge in [-0.1, -0.05) is 30.3 Å². The Bertz CT molecular complexity index is 1020. The second-order valence-corrected chi connectivity index (χ2v) is 7.08. The highest BCUT2D eigenvalue weighted by Crippen LogP contribution is 2.37. The third kappa shape index (κ3) is 2.51. The lowest BCUT2D eigenvalue weighted by atomic mass is 10.1. The predicted octanol–water partition coefficient (Wildman–Crippen LogP) is 4.49. The van der Waals surface area contributed by atoms with Crippen molar-refractivity contribution in [3.63, 3.8) is 0 Å². The Hall–Kier alpha value is -2.53. The molecule has 0 aliphatic rings. The number of aromatic nitrogens is 3. The molecular formula is C19H18N4S. The maximum Gasteiger partial charge on any atom is 0.150 e. The minimum atomic E-state index is 0.812. The fourth-order valence-corrected chi connectivity index (χ4v) is 4.40. The molecule has 3 aromatic heterocycles. The molecule has 0 aliphatic heterocycles. The van der Waals surface area contributed by atoms with Gasteiger partial charge in [-0.2, -0.15) is 0 Å². The molecule has 0 N–H and O–H groups in total. The van der Waals surface area contributed by atoms with E-state index in [0.29, 0.717) is 0 Å². The van der Waals surface area contributed by atoms with Crippen LogP contribution in [0.3, 0.4) is 0 Å². The average molecular weight is 334 g/mol. The van der Waals surface area contributed by atoms with Crippen LogP contribution in [0.25, 0.3) is 20.4 Å². The highest BCUT2D eigenvalue weighted by molar-refractivity contribution is 7.26. The number of benzene rings is 1. The Morgan fingerprint density at radius 2 is 1.88 bits per heavy atom. The summed E-state index contributed by atoms with van der Waals surface area (Å²) in [6.45, 7) is 4.97. The zero-order valence-corrected chi connectivity index (χ0v) is 14.8. The van der Waals surface area contributed by atoms with Crippen LogP contribution in [-0.4, -0.2) is 22.0 Å². The Kier molecular flexibility index (Phi) is 3.65. The zero-order chi connectivity index (χ0) is 16.7. The number of fused-ring (bicyclic) bond motifs is 3. The molecular weight excluding hydrogens is 316 g/mol. The fraction of sp³-hybridized carbons (Fsp3) is 0.211. The van der Waals surface area contributed by atoms with Gasteiger partial charge in [0.25, 0.3) is 0 Å². The van der Waals surface area contributed by atoms with E-state index in [4.69, 9.17) is 4.98 Å². The fourth-order valence-electron chi connectivity index (χ4n) is 3.10. The van der Waals surface area contributed by atoms with E-state index >= 15 is 0 Å². The lowest BCUT2D eigenvalue weighted by Crippen LogP contribution is -2.17. The third-order valence-electron chi connectivity index (χ3n) is 4.16. The number of nitrogens with zero attached hydrogens (tertiary/aromatic N) is 4. The van der Waals surface area contributed by atoms with Gasteiger partial charge in [0.15, 0.2) is 0 Å². The standard InChI is InChI=1S/C19H18N4S/c1-12-9-13(2)22-19-15(12)16-17(24-19)18(21-11-20-16)23(3)10-14-7-5-4-6-8-14/h4-9,11H,10H2,1-3H3. The van der Waals surface area contributed by atoms with Crippen LogP contribution in [0.1, 0.15) is 16.8 Å².